The van der Waals surface area contributed by atoms with Crippen molar-refractivity contribution in [3.05, 3.63) is 29.1 Å². The molecule has 0 bridgehead atoms. The maximum absolute atomic E-state index is 14.1. The lowest BCUT2D eigenvalue weighted by Gasteiger charge is -2.15. The minimum Gasteiger partial charge on any atom is -0.612 e. The number of carbonyl (C=O) groups excluding carboxylic acids is 1. The van der Waals surface area contributed by atoms with E-state index in [0.717, 1.165) is 17.0 Å². The number of hydrogen-bond donors (Lipinski definition) is 1. The second kappa shape index (κ2) is 6.12. The number of carbonyl (C=O) groups is 1. The molecule has 1 amide bonds. The SMILES string of the molecule is Cn1nnnc1NC(=O)c1ccc(C(F)(F)F)c(F)c1[S+](C)[O-]. The minimum absolute atomic E-state index is 0.108. The summed E-state index contributed by atoms with van der Waals surface area (Å²) >= 11 is -2.17. The number of benzene rings is 1. The van der Waals surface area contributed by atoms with Gasteiger partial charge < -0.3 is 4.55 Å². The third kappa shape index (κ3) is 3.42. The highest BCUT2D eigenvalue weighted by atomic mass is 32.2. The van der Waals surface area contributed by atoms with Gasteiger partial charge in [-0.2, -0.15) is 13.2 Å². The van der Waals surface area contributed by atoms with Crippen molar-refractivity contribution in [1.82, 2.24) is 20.2 Å². The molecule has 2 aromatic rings. The van der Waals surface area contributed by atoms with Crippen molar-refractivity contribution in [3.8, 4) is 0 Å². The Balaban J connectivity index is 2.48. The topological polar surface area (TPSA) is 95.8 Å². The van der Waals surface area contributed by atoms with E-state index >= 15 is 0 Å². The van der Waals surface area contributed by atoms with Gasteiger partial charge in [0.05, 0.1) is 11.1 Å². The highest BCUT2D eigenvalue weighted by molar-refractivity contribution is 7.90. The third-order valence-corrected chi connectivity index (χ3v) is 3.75. The Morgan fingerprint density at radius 2 is 2.04 bits per heavy atom. The molecule has 7 nitrogen and oxygen atoms in total. The summed E-state index contributed by atoms with van der Waals surface area (Å²) in [6.45, 7) is 0. The van der Waals surface area contributed by atoms with Crippen LogP contribution in [0.3, 0.4) is 0 Å². The third-order valence-electron chi connectivity index (χ3n) is 2.78. The van der Waals surface area contributed by atoms with E-state index < -0.39 is 45.1 Å². The van der Waals surface area contributed by atoms with Crippen LogP contribution in [0.4, 0.5) is 23.5 Å². The van der Waals surface area contributed by atoms with Crippen molar-refractivity contribution in [2.75, 3.05) is 11.6 Å². The van der Waals surface area contributed by atoms with Crippen molar-refractivity contribution in [1.29, 1.82) is 0 Å². The predicted molar refractivity (Wildman–Crippen MR) is 70.5 cm³/mol. The van der Waals surface area contributed by atoms with Crippen molar-refractivity contribution in [2.24, 2.45) is 7.05 Å². The van der Waals surface area contributed by atoms with Gasteiger partial charge in [0.2, 0.25) is 10.8 Å². The van der Waals surface area contributed by atoms with Crippen LogP contribution in [-0.4, -0.2) is 36.9 Å². The van der Waals surface area contributed by atoms with Gasteiger partial charge in [0, 0.05) is 7.05 Å². The molecule has 12 heteroatoms. The Bertz CT molecular complexity index is 747. The zero-order valence-electron chi connectivity index (χ0n) is 11.7. The van der Waals surface area contributed by atoms with E-state index in [1.165, 1.54) is 7.05 Å². The highest BCUT2D eigenvalue weighted by Gasteiger charge is 2.38. The van der Waals surface area contributed by atoms with Crippen molar-refractivity contribution < 1.29 is 26.9 Å². The fourth-order valence-electron chi connectivity index (χ4n) is 1.74. The summed E-state index contributed by atoms with van der Waals surface area (Å²) < 4.78 is 64.9. The van der Waals surface area contributed by atoms with Gasteiger partial charge >= 0.3 is 6.18 Å². The van der Waals surface area contributed by atoms with Crippen LogP contribution in [0.15, 0.2) is 17.0 Å². The summed E-state index contributed by atoms with van der Waals surface area (Å²) in [6.07, 6.45) is -4.00. The van der Waals surface area contributed by atoms with Gasteiger partial charge in [0.1, 0.15) is 6.26 Å². The molecular weight excluding hydrogens is 342 g/mol. The summed E-state index contributed by atoms with van der Waals surface area (Å²) in [6, 6.07) is 1.16. The van der Waals surface area contributed by atoms with Crippen LogP contribution in [0.2, 0.25) is 0 Å². The molecule has 2 rings (SSSR count). The van der Waals surface area contributed by atoms with E-state index in [0.29, 0.717) is 6.07 Å². The summed E-state index contributed by atoms with van der Waals surface area (Å²) in [5.41, 5.74) is -2.10. The Labute approximate surface area is 129 Å². The Kier molecular flexibility index (Phi) is 4.56. The molecule has 0 radical (unpaired) electrons. The summed E-state index contributed by atoms with van der Waals surface area (Å²) in [5.74, 6) is -2.84. The van der Waals surface area contributed by atoms with Gasteiger partial charge in [0.15, 0.2) is 5.82 Å². The van der Waals surface area contributed by atoms with Crippen LogP contribution in [0.1, 0.15) is 15.9 Å². The monoisotopic (exact) mass is 351 g/mol. The molecule has 1 heterocycles. The number of aromatic nitrogens is 4. The van der Waals surface area contributed by atoms with Gasteiger partial charge in [-0.15, -0.1) is 0 Å². The molecule has 1 N–H and O–H groups in total. The van der Waals surface area contributed by atoms with E-state index in [9.17, 15) is 26.9 Å². The molecule has 0 aliphatic heterocycles. The molecule has 124 valence electrons. The molecule has 23 heavy (non-hydrogen) atoms. The van der Waals surface area contributed by atoms with Crippen LogP contribution < -0.4 is 5.32 Å². The standard InChI is InChI=1S/C11H9F4N5O2S/c1-20-10(17-18-19-20)16-9(21)5-3-4-6(11(13,14)15)7(12)8(5)23(2)22/h3-4H,1-2H3,(H,16,17,19,21). The van der Waals surface area contributed by atoms with E-state index in [1.807, 2.05) is 0 Å². The summed E-state index contributed by atoms with van der Waals surface area (Å²) in [4.78, 5) is 11.3. The van der Waals surface area contributed by atoms with Crippen LogP contribution in [0, 0.1) is 5.82 Å². The first-order chi connectivity index (χ1) is 10.6. The average Bonchev–Trinajstić information content (AvgIpc) is 2.81. The number of alkyl halides is 3. The largest absolute Gasteiger partial charge is 0.612 e. The maximum Gasteiger partial charge on any atom is 0.419 e. The second-order valence-electron chi connectivity index (χ2n) is 4.34. The van der Waals surface area contributed by atoms with Gasteiger partial charge in [-0.05, 0) is 33.7 Å². The number of anilines is 1. The van der Waals surface area contributed by atoms with E-state index in [-0.39, 0.29) is 5.95 Å². The average molecular weight is 351 g/mol. The van der Waals surface area contributed by atoms with E-state index in [4.69, 9.17) is 0 Å². The first-order valence-corrected chi connectivity index (χ1v) is 7.45. The highest BCUT2D eigenvalue weighted by Crippen LogP contribution is 2.35. The zero-order valence-corrected chi connectivity index (χ0v) is 12.5. The fraction of sp³-hybridized carbons (Fsp3) is 0.273. The molecule has 1 aromatic carbocycles. The number of amides is 1. The fourth-order valence-corrected chi connectivity index (χ4v) is 2.57. The number of nitrogens with zero attached hydrogens (tertiary/aromatic N) is 4. The quantitative estimate of drug-likeness (QED) is 0.665. The molecule has 1 aromatic heterocycles. The molecule has 0 saturated carbocycles. The molecule has 1 unspecified atom stereocenters. The molecule has 1 atom stereocenters. The van der Waals surface area contributed by atoms with Gasteiger partial charge in [-0.3, -0.25) is 10.1 Å². The maximum atomic E-state index is 14.1. The Morgan fingerprint density at radius 3 is 2.52 bits per heavy atom. The van der Waals surface area contributed by atoms with Crippen LogP contribution >= 0.6 is 0 Å². The molecule has 0 saturated heterocycles. The van der Waals surface area contributed by atoms with Crippen molar-refractivity contribution >= 4 is 23.0 Å². The van der Waals surface area contributed by atoms with E-state index in [1.54, 1.807) is 0 Å². The normalized spacial score (nSPS) is 13.0. The van der Waals surface area contributed by atoms with Gasteiger partial charge in [0.25, 0.3) is 5.91 Å². The van der Waals surface area contributed by atoms with Crippen LogP contribution in [0.25, 0.3) is 0 Å². The zero-order chi connectivity index (χ0) is 17.4. The Morgan fingerprint density at radius 1 is 1.39 bits per heavy atom. The molecule has 0 spiro atoms. The van der Waals surface area contributed by atoms with E-state index in [2.05, 4.69) is 20.8 Å². The number of aryl methyl sites for hydroxylation is 1. The lowest BCUT2D eigenvalue weighted by Crippen LogP contribution is -2.21. The number of tetrazole rings is 1. The van der Waals surface area contributed by atoms with Crippen molar-refractivity contribution in [2.45, 2.75) is 11.1 Å². The lowest BCUT2D eigenvalue weighted by molar-refractivity contribution is -0.140. The second-order valence-corrected chi connectivity index (χ2v) is 5.65. The van der Waals surface area contributed by atoms with Crippen LogP contribution in [0.5, 0.6) is 0 Å². The van der Waals surface area contributed by atoms with Crippen molar-refractivity contribution in [3.63, 3.8) is 0 Å². The smallest absolute Gasteiger partial charge is 0.419 e. The van der Waals surface area contributed by atoms with Gasteiger partial charge in [-0.25, -0.2) is 9.07 Å². The first-order valence-electron chi connectivity index (χ1n) is 5.89. The van der Waals surface area contributed by atoms with Crippen LogP contribution in [-0.2, 0) is 24.4 Å². The number of nitrogens with one attached hydrogen (secondary N) is 1. The molecule has 0 fully saturated rings. The predicted octanol–water partition coefficient (Wildman–Crippen LogP) is 1.36. The molecular formula is C11H9F4N5O2S. The lowest BCUT2D eigenvalue weighted by atomic mass is 10.1. The molecule has 0 aliphatic rings. The first kappa shape index (κ1) is 17.1. The number of rotatable bonds is 3. The van der Waals surface area contributed by atoms with Gasteiger partial charge in [-0.1, -0.05) is 5.10 Å². The number of halogens is 4. The minimum atomic E-state index is -4.97. The Hall–Kier alpha value is -2.21. The molecule has 0 aliphatic carbocycles. The number of hydrogen-bond acceptors (Lipinski definition) is 5. The summed E-state index contributed by atoms with van der Waals surface area (Å²) in [7, 11) is 1.40. The summed E-state index contributed by atoms with van der Waals surface area (Å²) in [5, 5.41) is 12.3.